The number of ether oxygens (including phenoxy) is 1. The molecule has 2 saturated heterocycles. The smallest absolute Gasteiger partial charge is 0.231 e. The van der Waals surface area contributed by atoms with Gasteiger partial charge in [-0.15, -0.1) is 0 Å². The summed E-state index contributed by atoms with van der Waals surface area (Å²) in [5.41, 5.74) is -0.275. The molecule has 0 radical (unpaired) electrons. The highest BCUT2D eigenvalue weighted by atomic mass is 16.5. The standard InChI is InChI=1S/C10H15NO3/c1-7-10(2,3-4-14-7)11-6-8(12)5-9(11)13/h7H,3-6H2,1-2H3. The normalized spacial score (nSPS) is 38.4. The first-order valence-electron chi connectivity index (χ1n) is 4.98. The van der Waals surface area contributed by atoms with E-state index in [1.165, 1.54) is 0 Å². The minimum absolute atomic E-state index is 0.0234. The summed E-state index contributed by atoms with van der Waals surface area (Å²) in [6.45, 7) is 4.91. The summed E-state index contributed by atoms with van der Waals surface area (Å²) in [6.07, 6.45) is 0.924. The van der Waals surface area contributed by atoms with E-state index in [4.69, 9.17) is 4.74 Å². The Morgan fingerprint density at radius 3 is 2.64 bits per heavy atom. The fourth-order valence-electron chi connectivity index (χ4n) is 2.23. The molecule has 0 spiro atoms. The van der Waals surface area contributed by atoms with E-state index in [0.717, 1.165) is 6.42 Å². The number of carbonyl (C=O) groups excluding carboxylic acids is 2. The van der Waals surface area contributed by atoms with Gasteiger partial charge in [0.1, 0.15) is 0 Å². The van der Waals surface area contributed by atoms with Gasteiger partial charge in [0.15, 0.2) is 5.78 Å². The van der Waals surface area contributed by atoms with Gasteiger partial charge < -0.3 is 9.64 Å². The van der Waals surface area contributed by atoms with Gasteiger partial charge in [-0.2, -0.15) is 0 Å². The number of Topliss-reactive ketones (excluding diaryl/α,β-unsaturated/α-hetero) is 1. The van der Waals surface area contributed by atoms with Gasteiger partial charge in [-0.1, -0.05) is 0 Å². The lowest BCUT2D eigenvalue weighted by atomic mass is 9.93. The number of hydrogen-bond donors (Lipinski definition) is 0. The van der Waals surface area contributed by atoms with Crippen molar-refractivity contribution in [1.82, 2.24) is 4.90 Å². The first-order chi connectivity index (χ1) is 6.54. The first kappa shape index (κ1) is 9.65. The van der Waals surface area contributed by atoms with E-state index >= 15 is 0 Å². The Kier molecular flexibility index (Phi) is 2.10. The Labute approximate surface area is 83.2 Å². The third-order valence-corrected chi connectivity index (χ3v) is 3.45. The van der Waals surface area contributed by atoms with E-state index in [1.807, 2.05) is 13.8 Å². The van der Waals surface area contributed by atoms with E-state index in [1.54, 1.807) is 4.90 Å². The van der Waals surface area contributed by atoms with E-state index in [-0.39, 0.29) is 36.3 Å². The summed E-state index contributed by atoms with van der Waals surface area (Å²) in [6, 6.07) is 0. The topological polar surface area (TPSA) is 46.6 Å². The molecular weight excluding hydrogens is 182 g/mol. The molecule has 1 amide bonds. The third-order valence-electron chi connectivity index (χ3n) is 3.45. The molecule has 78 valence electrons. The average Bonchev–Trinajstić information content (AvgIpc) is 2.59. The van der Waals surface area contributed by atoms with Gasteiger partial charge in [0, 0.05) is 6.61 Å². The molecule has 0 aromatic rings. The molecule has 0 saturated carbocycles. The first-order valence-corrected chi connectivity index (χ1v) is 4.98. The Hall–Kier alpha value is -0.900. The zero-order valence-corrected chi connectivity index (χ0v) is 8.58. The summed E-state index contributed by atoms with van der Waals surface area (Å²) < 4.78 is 5.46. The summed E-state index contributed by atoms with van der Waals surface area (Å²) >= 11 is 0. The second-order valence-corrected chi connectivity index (χ2v) is 4.32. The molecule has 2 rings (SSSR count). The van der Waals surface area contributed by atoms with Gasteiger partial charge in [0.05, 0.1) is 24.6 Å². The largest absolute Gasteiger partial charge is 0.376 e. The molecule has 2 unspecified atom stereocenters. The van der Waals surface area contributed by atoms with Crippen molar-refractivity contribution < 1.29 is 14.3 Å². The van der Waals surface area contributed by atoms with Crippen LogP contribution < -0.4 is 0 Å². The van der Waals surface area contributed by atoms with Crippen molar-refractivity contribution in [3.05, 3.63) is 0 Å². The number of nitrogens with zero attached hydrogens (tertiary/aromatic N) is 1. The molecule has 14 heavy (non-hydrogen) atoms. The van der Waals surface area contributed by atoms with Crippen LogP contribution in [0, 0.1) is 0 Å². The Morgan fingerprint density at radius 2 is 2.21 bits per heavy atom. The molecule has 0 aromatic heterocycles. The van der Waals surface area contributed by atoms with Crippen molar-refractivity contribution in [1.29, 1.82) is 0 Å². The molecule has 0 aliphatic carbocycles. The van der Waals surface area contributed by atoms with E-state index < -0.39 is 0 Å². The number of rotatable bonds is 1. The van der Waals surface area contributed by atoms with Crippen LogP contribution in [0.1, 0.15) is 26.7 Å². The van der Waals surface area contributed by atoms with Crippen LogP contribution in [0.25, 0.3) is 0 Å². The van der Waals surface area contributed by atoms with Crippen LogP contribution in [0.15, 0.2) is 0 Å². The highest BCUT2D eigenvalue weighted by molar-refractivity contribution is 6.05. The molecule has 2 atom stereocenters. The summed E-state index contributed by atoms with van der Waals surface area (Å²) in [4.78, 5) is 24.4. The summed E-state index contributed by atoms with van der Waals surface area (Å²) in [5.74, 6) is -0.0230. The molecule has 4 nitrogen and oxygen atoms in total. The Balaban J connectivity index is 2.21. The average molecular weight is 197 g/mol. The van der Waals surface area contributed by atoms with Crippen molar-refractivity contribution in [2.24, 2.45) is 0 Å². The lowest BCUT2D eigenvalue weighted by Gasteiger charge is -2.37. The minimum atomic E-state index is -0.275. The van der Waals surface area contributed by atoms with Gasteiger partial charge in [0.2, 0.25) is 5.91 Å². The fraction of sp³-hybridized carbons (Fsp3) is 0.800. The van der Waals surface area contributed by atoms with Crippen LogP contribution in [0.4, 0.5) is 0 Å². The van der Waals surface area contributed by atoms with E-state index in [2.05, 4.69) is 0 Å². The molecule has 2 aliphatic heterocycles. The molecule has 0 N–H and O–H groups in total. The number of amides is 1. The van der Waals surface area contributed by atoms with Gasteiger partial charge in [-0.3, -0.25) is 9.59 Å². The van der Waals surface area contributed by atoms with Crippen molar-refractivity contribution in [2.45, 2.75) is 38.3 Å². The Bertz CT molecular complexity index is 289. The maximum absolute atomic E-state index is 11.6. The number of likely N-dealkylation sites (tertiary alicyclic amines) is 1. The summed E-state index contributed by atoms with van der Waals surface area (Å²) in [7, 11) is 0. The molecule has 2 heterocycles. The quantitative estimate of drug-likeness (QED) is 0.570. The summed E-state index contributed by atoms with van der Waals surface area (Å²) in [5, 5.41) is 0. The van der Waals surface area contributed by atoms with Crippen molar-refractivity contribution >= 4 is 11.7 Å². The SMILES string of the molecule is CC1OCCC1(C)N1CC(=O)CC1=O. The van der Waals surface area contributed by atoms with Crippen LogP contribution in [-0.4, -0.2) is 41.4 Å². The predicted molar refractivity (Wildman–Crippen MR) is 49.8 cm³/mol. The number of ketones is 1. The van der Waals surface area contributed by atoms with E-state index in [9.17, 15) is 9.59 Å². The molecule has 4 heteroatoms. The van der Waals surface area contributed by atoms with Gasteiger partial charge in [0.25, 0.3) is 0 Å². The maximum Gasteiger partial charge on any atom is 0.231 e. The Morgan fingerprint density at radius 1 is 1.50 bits per heavy atom. The van der Waals surface area contributed by atoms with Crippen LogP contribution in [0.5, 0.6) is 0 Å². The number of hydrogen-bond acceptors (Lipinski definition) is 3. The van der Waals surface area contributed by atoms with Crippen molar-refractivity contribution in [2.75, 3.05) is 13.2 Å². The molecule has 0 aromatic carbocycles. The van der Waals surface area contributed by atoms with E-state index in [0.29, 0.717) is 6.61 Å². The zero-order chi connectivity index (χ0) is 10.3. The second-order valence-electron chi connectivity index (χ2n) is 4.32. The maximum atomic E-state index is 11.6. The van der Waals surface area contributed by atoms with Crippen LogP contribution in [0.2, 0.25) is 0 Å². The van der Waals surface area contributed by atoms with Gasteiger partial charge >= 0.3 is 0 Å². The van der Waals surface area contributed by atoms with Crippen LogP contribution >= 0.6 is 0 Å². The lowest BCUT2D eigenvalue weighted by molar-refractivity contribution is -0.134. The van der Waals surface area contributed by atoms with Gasteiger partial charge in [-0.05, 0) is 20.3 Å². The lowest BCUT2D eigenvalue weighted by Crippen LogP contribution is -2.51. The highest BCUT2D eigenvalue weighted by Gasteiger charge is 2.47. The predicted octanol–water partition coefficient (Wildman–Crippen LogP) is 0.355. The highest BCUT2D eigenvalue weighted by Crippen LogP contribution is 2.33. The monoisotopic (exact) mass is 197 g/mol. The van der Waals surface area contributed by atoms with Crippen LogP contribution in [0.3, 0.4) is 0 Å². The molecular formula is C10H15NO3. The van der Waals surface area contributed by atoms with Crippen molar-refractivity contribution in [3.63, 3.8) is 0 Å². The molecule has 0 bridgehead atoms. The van der Waals surface area contributed by atoms with Crippen molar-refractivity contribution in [3.8, 4) is 0 Å². The third kappa shape index (κ3) is 1.25. The van der Waals surface area contributed by atoms with Crippen LogP contribution in [-0.2, 0) is 14.3 Å². The molecule has 2 fully saturated rings. The second kappa shape index (κ2) is 3.05. The molecule has 2 aliphatic rings. The number of carbonyl (C=O) groups is 2. The minimum Gasteiger partial charge on any atom is -0.376 e. The fourth-order valence-corrected chi connectivity index (χ4v) is 2.23. The van der Waals surface area contributed by atoms with Gasteiger partial charge in [-0.25, -0.2) is 0 Å². The zero-order valence-electron chi connectivity index (χ0n) is 8.58.